The number of hydrogen-bond acceptors (Lipinski definition) is 4. The van der Waals surface area contributed by atoms with Crippen LogP contribution in [0.2, 0.25) is 0 Å². The van der Waals surface area contributed by atoms with Gasteiger partial charge in [-0.05, 0) is 31.5 Å². The summed E-state index contributed by atoms with van der Waals surface area (Å²) in [6, 6.07) is 6.73. The Morgan fingerprint density at radius 2 is 1.89 bits per heavy atom. The first-order valence-corrected chi connectivity index (χ1v) is 6.99. The quantitative estimate of drug-likeness (QED) is 0.841. The van der Waals surface area contributed by atoms with Gasteiger partial charge < -0.3 is 10.5 Å². The Kier molecular flexibility index (Phi) is 4.66. The van der Waals surface area contributed by atoms with E-state index >= 15 is 0 Å². The summed E-state index contributed by atoms with van der Waals surface area (Å²) in [5, 5.41) is 0. The molecule has 0 unspecified atom stereocenters. The predicted octanol–water partition coefficient (Wildman–Crippen LogP) is 1.80. The SMILES string of the molecule is COc1ccc(CN2CCN(C(C)C)CC2)cc1N. The molecule has 1 saturated heterocycles. The van der Waals surface area contributed by atoms with Crippen LogP contribution in [-0.4, -0.2) is 49.1 Å². The molecule has 1 aliphatic rings. The molecule has 0 spiro atoms. The summed E-state index contributed by atoms with van der Waals surface area (Å²) in [7, 11) is 1.65. The molecular formula is C15H25N3O. The summed E-state index contributed by atoms with van der Waals surface area (Å²) in [5.41, 5.74) is 7.93. The van der Waals surface area contributed by atoms with Crippen molar-refractivity contribution in [2.75, 3.05) is 39.0 Å². The maximum absolute atomic E-state index is 5.95. The highest BCUT2D eigenvalue weighted by molar-refractivity contribution is 5.54. The fraction of sp³-hybridized carbons (Fsp3) is 0.600. The number of nitrogens with zero attached hydrogens (tertiary/aromatic N) is 2. The summed E-state index contributed by atoms with van der Waals surface area (Å²) >= 11 is 0. The first kappa shape index (κ1) is 14.2. The van der Waals surface area contributed by atoms with Crippen molar-refractivity contribution in [3.8, 4) is 5.75 Å². The Morgan fingerprint density at radius 1 is 1.21 bits per heavy atom. The molecule has 1 aliphatic heterocycles. The van der Waals surface area contributed by atoms with Crippen LogP contribution in [0.4, 0.5) is 5.69 Å². The van der Waals surface area contributed by atoms with Gasteiger partial charge in [0.15, 0.2) is 0 Å². The first-order chi connectivity index (χ1) is 9.10. The molecule has 0 aliphatic carbocycles. The summed E-state index contributed by atoms with van der Waals surface area (Å²) in [5.74, 6) is 0.758. The standard InChI is InChI=1S/C15H25N3O/c1-12(2)18-8-6-17(7-9-18)11-13-4-5-15(19-3)14(16)10-13/h4-5,10,12H,6-9,11,16H2,1-3H3. The molecule has 2 rings (SSSR count). The maximum atomic E-state index is 5.95. The van der Waals surface area contributed by atoms with Crippen molar-refractivity contribution < 1.29 is 4.74 Å². The Bertz CT molecular complexity index is 412. The number of ether oxygens (including phenoxy) is 1. The van der Waals surface area contributed by atoms with Gasteiger partial charge in [-0.2, -0.15) is 0 Å². The van der Waals surface area contributed by atoms with Crippen molar-refractivity contribution in [1.82, 2.24) is 9.80 Å². The number of benzene rings is 1. The van der Waals surface area contributed by atoms with Gasteiger partial charge in [0.05, 0.1) is 12.8 Å². The van der Waals surface area contributed by atoms with Gasteiger partial charge in [0, 0.05) is 38.8 Å². The second kappa shape index (κ2) is 6.26. The third-order valence-corrected chi connectivity index (χ3v) is 3.84. The van der Waals surface area contributed by atoms with Crippen LogP contribution in [-0.2, 0) is 6.54 Å². The number of nitrogen functional groups attached to an aromatic ring is 1. The number of nitrogens with two attached hydrogens (primary N) is 1. The number of methoxy groups -OCH3 is 1. The molecule has 0 amide bonds. The predicted molar refractivity (Wildman–Crippen MR) is 79.4 cm³/mol. The molecule has 4 heteroatoms. The van der Waals surface area contributed by atoms with Gasteiger partial charge in [0.2, 0.25) is 0 Å². The molecule has 1 aromatic rings. The number of hydrogen-bond donors (Lipinski definition) is 1. The summed E-state index contributed by atoms with van der Waals surface area (Å²) in [6.07, 6.45) is 0. The van der Waals surface area contributed by atoms with Crippen LogP contribution in [0, 0.1) is 0 Å². The molecule has 0 radical (unpaired) electrons. The molecule has 0 saturated carbocycles. The highest BCUT2D eigenvalue weighted by Gasteiger charge is 2.18. The van der Waals surface area contributed by atoms with Gasteiger partial charge in [-0.1, -0.05) is 6.07 Å². The molecule has 0 aromatic heterocycles. The minimum absolute atomic E-state index is 0.652. The van der Waals surface area contributed by atoms with E-state index in [0.29, 0.717) is 6.04 Å². The van der Waals surface area contributed by atoms with Crippen LogP contribution in [0.5, 0.6) is 5.75 Å². The number of piperazine rings is 1. The molecular weight excluding hydrogens is 238 g/mol. The van der Waals surface area contributed by atoms with Crippen molar-refractivity contribution in [2.45, 2.75) is 26.4 Å². The average molecular weight is 263 g/mol. The zero-order valence-corrected chi connectivity index (χ0v) is 12.2. The smallest absolute Gasteiger partial charge is 0.141 e. The molecule has 19 heavy (non-hydrogen) atoms. The van der Waals surface area contributed by atoms with E-state index < -0.39 is 0 Å². The van der Waals surface area contributed by atoms with Gasteiger partial charge in [-0.3, -0.25) is 9.80 Å². The van der Waals surface area contributed by atoms with Crippen molar-refractivity contribution >= 4 is 5.69 Å². The van der Waals surface area contributed by atoms with Gasteiger partial charge in [0.1, 0.15) is 5.75 Å². The fourth-order valence-electron chi connectivity index (χ4n) is 2.58. The zero-order chi connectivity index (χ0) is 13.8. The lowest BCUT2D eigenvalue weighted by Gasteiger charge is -2.37. The molecule has 1 aromatic carbocycles. The summed E-state index contributed by atoms with van der Waals surface area (Å²) < 4.78 is 5.19. The summed E-state index contributed by atoms with van der Waals surface area (Å²) in [4.78, 5) is 5.01. The first-order valence-electron chi connectivity index (χ1n) is 6.99. The van der Waals surface area contributed by atoms with Crippen molar-refractivity contribution in [3.63, 3.8) is 0 Å². The topological polar surface area (TPSA) is 41.7 Å². The average Bonchev–Trinajstić information content (AvgIpc) is 2.39. The second-order valence-corrected chi connectivity index (χ2v) is 5.48. The van der Waals surface area contributed by atoms with Gasteiger partial charge in [-0.25, -0.2) is 0 Å². The molecule has 106 valence electrons. The highest BCUT2D eigenvalue weighted by atomic mass is 16.5. The van der Waals surface area contributed by atoms with Gasteiger partial charge in [-0.15, -0.1) is 0 Å². The Balaban J connectivity index is 1.90. The third kappa shape index (κ3) is 3.61. The van der Waals surface area contributed by atoms with E-state index in [4.69, 9.17) is 10.5 Å². The van der Waals surface area contributed by atoms with Crippen molar-refractivity contribution in [2.24, 2.45) is 0 Å². The van der Waals surface area contributed by atoms with Crippen molar-refractivity contribution in [3.05, 3.63) is 23.8 Å². The van der Waals surface area contributed by atoms with Crippen LogP contribution in [0.15, 0.2) is 18.2 Å². The number of rotatable bonds is 4. The largest absolute Gasteiger partial charge is 0.495 e. The van der Waals surface area contributed by atoms with Crippen LogP contribution in [0.3, 0.4) is 0 Å². The Morgan fingerprint density at radius 3 is 2.42 bits per heavy atom. The minimum Gasteiger partial charge on any atom is -0.495 e. The lowest BCUT2D eigenvalue weighted by atomic mass is 10.1. The molecule has 0 atom stereocenters. The summed E-state index contributed by atoms with van der Waals surface area (Å²) in [6.45, 7) is 10.1. The van der Waals surface area contributed by atoms with Crippen LogP contribution in [0.1, 0.15) is 19.4 Å². The van der Waals surface area contributed by atoms with Crippen LogP contribution in [0.25, 0.3) is 0 Å². The van der Waals surface area contributed by atoms with Crippen LogP contribution < -0.4 is 10.5 Å². The monoisotopic (exact) mass is 263 g/mol. The molecule has 0 bridgehead atoms. The van der Waals surface area contributed by atoms with Gasteiger partial charge in [0.25, 0.3) is 0 Å². The highest BCUT2D eigenvalue weighted by Crippen LogP contribution is 2.22. The molecule has 1 fully saturated rings. The fourth-order valence-corrected chi connectivity index (χ4v) is 2.58. The Labute approximate surface area is 116 Å². The molecule has 2 N–H and O–H groups in total. The van der Waals surface area contributed by atoms with Crippen LogP contribution >= 0.6 is 0 Å². The Hall–Kier alpha value is -1.26. The van der Waals surface area contributed by atoms with E-state index in [1.165, 1.54) is 5.56 Å². The zero-order valence-electron chi connectivity index (χ0n) is 12.2. The van der Waals surface area contributed by atoms with E-state index in [1.807, 2.05) is 12.1 Å². The maximum Gasteiger partial charge on any atom is 0.141 e. The number of anilines is 1. The van der Waals surface area contributed by atoms with E-state index in [-0.39, 0.29) is 0 Å². The normalized spacial score (nSPS) is 17.9. The van der Waals surface area contributed by atoms with E-state index in [2.05, 4.69) is 29.7 Å². The molecule has 4 nitrogen and oxygen atoms in total. The van der Waals surface area contributed by atoms with E-state index in [9.17, 15) is 0 Å². The second-order valence-electron chi connectivity index (χ2n) is 5.48. The third-order valence-electron chi connectivity index (χ3n) is 3.84. The van der Waals surface area contributed by atoms with E-state index in [1.54, 1.807) is 7.11 Å². The van der Waals surface area contributed by atoms with Gasteiger partial charge >= 0.3 is 0 Å². The lowest BCUT2D eigenvalue weighted by Crippen LogP contribution is -2.48. The lowest BCUT2D eigenvalue weighted by molar-refractivity contribution is 0.104. The minimum atomic E-state index is 0.652. The molecule has 1 heterocycles. The van der Waals surface area contributed by atoms with Crippen molar-refractivity contribution in [1.29, 1.82) is 0 Å². The van der Waals surface area contributed by atoms with E-state index in [0.717, 1.165) is 44.2 Å².